The van der Waals surface area contributed by atoms with Crippen molar-refractivity contribution in [3.8, 4) is 0 Å². The summed E-state index contributed by atoms with van der Waals surface area (Å²) in [6.45, 7) is 25.9. The van der Waals surface area contributed by atoms with Gasteiger partial charge in [0.25, 0.3) is 0 Å². The molecule has 27 heavy (non-hydrogen) atoms. The molecule has 1 saturated heterocycles. The number of ether oxygens (including phenoxy) is 1. The van der Waals surface area contributed by atoms with Crippen molar-refractivity contribution in [3.63, 3.8) is 0 Å². The fraction of sp³-hybridized carbons (Fsp3) is 0.680. The zero-order valence-corrected chi connectivity index (χ0v) is 22.3. The molecule has 3 aliphatic rings. The zero-order chi connectivity index (χ0) is 20.7. The van der Waals surface area contributed by atoms with Gasteiger partial charge in [-0.25, -0.2) is 0 Å². The Hall–Kier alpha value is 0.258. The Morgan fingerprint density at radius 3 is 1.15 bits per heavy atom. The van der Waals surface area contributed by atoms with E-state index in [0.717, 1.165) is 13.2 Å². The first kappa shape index (κ1) is 23.5. The van der Waals surface area contributed by atoms with Gasteiger partial charge in [0.15, 0.2) is 0 Å². The number of rotatable bonds is 2. The van der Waals surface area contributed by atoms with E-state index in [0.29, 0.717) is 0 Å². The van der Waals surface area contributed by atoms with Crippen molar-refractivity contribution in [1.29, 1.82) is 0 Å². The summed E-state index contributed by atoms with van der Waals surface area (Å²) in [5.74, 6) is 0. The third-order valence-corrected chi connectivity index (χ3v) is 16.5. The Labute approximate surface area is 182 Å². The summed E-state index contributed by atoms with van der Waals surface area (Å²) < 4.78 is 11.2. The van der Waals surface area contributed by atoms with Gasteiger partial charge in [0.05, 0.1) is 0 Å². The first-order valence-corrected chi connectivity index (χ1v) is 15.6. The number of hydrogen-bond acceptors (Lipinski definition) is 1. The Bertz CT molecular complexity index is 671. The van der Waals surface area contributed by atoms with Gasteiger partial charge in [-0.3, -0.25) is 0 Å². The molecule has 1 heterocycles. The summed E-state index contributed by atoms with van der Waals surface area (Å²) in [5.41, 5.74) is 10.0. The van der Waals surface area contributed by atoms with Gasteiger partial charge in [0.1, 0.15) is 0 Å². The average Bonchev–Trinajstić information content (AvgIpc) is 3.24. The van der Waals surface area contributed by atoms with Crippen LogP contribution in [-0.2, 0) is 4.74 Å². The van der Waals surface area contributed by atoms with E-state index < -0.39 is 34.2 Å². The molecule has 153 valence electrons. The molecule has 0 unspecified atom stereocenters. The summed E-state index contributed by atoms with van der Waals surface area (Å²) in [6, 6.07) is 0. The first-order valence-electron chi connectivity index (χ1n) is 10.4. The molecule has 0 saturated carbocycles. The summed E-state index contributed by atoms with van der Waals surface area (Å²) in [4.78, 5) is 0. The third kappa shape index (κ3) is 4.12. The summed E-state index contributed by atoms with van der Waals surface area (Å²) in [6.07, 6.45) is 2.56. The molecule has 2 aliphatic carbocycles. The normalized spacial score (nSPS) is 24.4. The summed E-state index contributed by atoms with van der Waals surface area (Å²) >= 11 is -1.81. The molecule has 0 amide bonds. The molecule has 1 fully saturated rings. The predicted molar refractivity (Wildman–Crippen MR) is 116 cm³/mol. The van der Waals surface area contributed by atoms with E-state index in [4.69, 9.17) is 4.74 Å². The van der Waals surface area contributed by atoms with Crippen LogP contribution in [0.1, 0.15) is 82.1 Å². The quantitative estimate of drug-likeness (QED) is 0.371. The van der Waals surface area contributed by atoms with Crippen LogP contribution in [0, 0.1) is 45.1 Å². The zero-order valence-electron chi connectivity index (χ0n) is 19.6. The van der Waals surface area contributed by atoms with Gasteiger partial charge in [0.2, 0.25) is 0 Å². The maximum atomic E-state index is 4.94. The number of allylic oxidation sites excluding steroid dienone is 8. The Morgan fingerprint density at radius 2 is 0.963 bits per heavy atom. The van der Waals surface area contributed by atoms with Crippen molar-refractivity contribution < 1.29 is 39.0 Å². The molecule has 0 aromatic rings. The molecule has 1 aliphatic heterocycles. The van der Waals surface area contributed by atoms with Crippen LogP contribution in [0.2, 0.25) is 2.64 Å². The van der Waals surface area contributed by atoms with E-state index in [9.17, 15) is 0 Å². The third-order valence-electron chi connectivity index (χ3n) is 7.38. The van der Waals surface area contributed by atoms with Crippen molar-refractivity contribution in [3.05, 3.63) is 36.0 Å². The molecule has 0 atom stereocenters. The second kappa shape index (κ2) is 8.55. The van der Waals surface area contributed by atoms with Crippen molar-refractivity contribution >= 4 is 0 Å². The van der Waals surface area contributed by atoms with E-state index in [2.05, 4.69) is 71.9 Å². The molecule has 0 N–H and O–H groups in total. The van der Waals surface area contributed by atoms with Crippen molar-refractivity contribution in [1.82, 2.24) is 0 Å². The summed E-state index contributed by atoms with van der Waals surface area (Å²) in [7, 11) is 0. The molecule has 1 nitrogen and oxygen atoms in total. The van der Waals surface area contributed by atoms with Crippen LogP contribution in [0.25, 0.3) is 0 Å². The standard InChI is InChI=1S/2C10H15.C4H8O.CH3.Sm/c2*1-7-6-10(4,5)9(3)8(7)2;1-2-4-5-3-1;;/h2*1-5H3;1-4H2;1H3;. The maximum absolute atomic E-state index is 4.94. The molecular weight excluding hydrogens is 467 g/mol. The van der Waals surface area contributed by atoms with Gasteiger partial charge < -0.3 is 4.74 Å². The molecule has 0 aromatic heterocycles. The predicted octanol–water partition coefficient (Wildman–Crippen LogP) is 7.75. The molecule has 0 aromatic carbocycles. The van der Waals surface area contributed by atoms with Crippen LogP contribution in [0.4, 0.5) is 0 Å². The monoisotopic (exact) mass is 509 g/mol. The van der Waals surface area contributed by atoms with Crippen LogP contribution in [0.3, 0.4) is 0 Å². The van der Waals surface area contributed by atoms with Gasteiger partial charge in [-0.1, -0.05) is 0 Å². The molecule has 0 radical (unpaired) electrons. The molecule has 0 bridgehead atoms. The fourth-order valence-electron chi connectivity index (χ4n) is 4.96. The van der Waals surface area contributed by atoms with E-state index in [1.807, 2.05) is 2.58 Å². The minimum absolute atomic E-state index is 0.268. The topological polar surface area (TPSA) is 9.23 Å². The Morgan fingerprint density at radius 1 is 0.630 bits per heavy atom. The van der Waals surface area contributed by atoms with Gasteiger partial charge in [-0.2, -0.15) is 0 Å². The fourth-order valence-corrected chi connectivity index (χ4v) is 15.4. The van der Waals surface area contributed by atoms with Gasteiger partial charge in [-0.15, -0.1) is 0 Å². The van der Waals surface area contributed by atoms with E-state index in [1.54, 1.807) is 33.4 Å². The van der Waals surface area contributed by atoms with Gasteiger partial charge >= 0.3 is 153 Å². The second-order valence-corrected chi connectivity index (χ2v) is 15.4. The minimum atomic E-state index is -1.81. The Kier molecular flexibility index (Phi) is 7.45. The van der Waals surface area contributed by atoms with Gasteiger partial charge in [0, 0.05) is 13.2 Å². The second-order valence-electron chi connectivity index (χ2n) is 9.49. The van der Waals surface area contributed by atoms with Crippen molar-refractivity contribution in [2.75, 3.05) is 13.2 Å². The van der Waals surface area contributed by atoms with Crippen LogP contribution in [0.5, 0.6) is 0 Å². The Balaban J connectivity index is 0.000000451. The van der Waals surface area contributed by atoms with E-state index in [-0.39, 0.29) is 10.8 Å². The van der Waals surface area contributed by atoms with Crippen molar-refractivity contribution in [2.45, 2.75) is 84.7 Å². The van der Waals surface area contributed by atoms with Gasteiger partial charge in [-0.05, 0) is 12.8 Å². The number of hydrogen-bond donors (Lipinski definition) is 0. The molecular formula is C25H41OSm. The first-order chi connectivity index (χ1) is 12.4. The van der Waals surface area contributed by atoms with Crippen LogP contribution < -0.4 is 0 Å². The molecule has 3 rings (SSSR count). The van der Waals surface area contributed by atoms with Crippen LogP contribution >= 0.6 is 0 Å². The molecule has 2 heteroatoms. The van der Waals surface area contributed by atoms with E-state index >= 15 is 0 Å². The van der Waals surface area contributed by atoms with Crippen LogP contribution in [0.15, 0.2) is 36.0 Å². The van der Waals surface area contributed by atoms with E-state index in [1.165, 1.54) is 12.8 Å². The summed E-state index contributed by atoms with van der Waals surface area (Å²) in [5, 5.41) is 0. The molecule has 0 spiro atoms. The SMILES string of the molecule is C1CCOC1.CC1=C(C)C(C)(C)[C]([Sm]([CH3])[C]2=C(C)C(C)=C(C)C2(C)C)=C1C. The average molecular weight is 508 g/mol. The van der Waals surface area contributed by atoms with Crippen LogP contribution in [-0.4, -0.2) is 13.2 Å². The van der Waals surface area contributed by atoms with Crippen molar-refractivity contribution in [2.24, 2.45) is 10.8 Å².